The van der Waals surface area contributed by atoms with Gasteiger partial charge in [0.25, 0.3) is 0 Å². The van der Waals surface area contributed by atoms with E-state index < -0.39 is 0 Å². The second-order valence-corrected chi connectivity index (χ2v) is 4.09. The first kappa shape index (κ1) is 12.4. The molecule has 2 aromatic rings. The lowest BCUT2D eigenvalue weighted by Crippen LogP contribution is -2.10. The maximum absolute atomic E-state index is 11.5. The standard InChI is InChI=1S/C14H16N2O2/c1-2-3-9-13(17)15-14-10-12(16-18-14)11-7-5-4-6-8-11/h4-8,10H,2-3,9H2,1H3,(H,15,17). The van der Waals surface area contributed by atoms with Crippen LogP contribution in [0.5, 0.6) is 0 Å². The third-order valence-corrected chi connectivity index (χ3v) is 2.60. The van der Waals surface area contributed by atoms with Gasteiger partial charge in [-0.25, -0.2) is 0 Å². The number of rotatable bonds is 5. The van der Waals surface area contributed by atoms with E-state index in [0.717, 1.165) is 24.1 Å². The Morgan fingerprint density at radius 2 is 2.11 bits per heavy atom. The summed E-state index contributed by atoms with van der Waals surface area (Å²) in [6, 6.07) is 11.4. The van der Waals surface area contributed by atoms with Crippen molar-refractivity contribution in [3.63, 3.8) is 0 Å². The SMILES string of the molecule is CCCCC(=O)Nc1cc(-c2ccccc2)no1. The van der Waals surface area contributed by atoms with E-state index in [0.29, 0.717) is 12.3 Å². The van der Waals surface area contributed by atoms with Crippen molar-refractivity contribution in [2.24, 2.45) is 0 Å². The first-order chi connectivity index (χ1) is 8.79. The molecule has 0 saturated carbocycles. The number of nitrogens with zero attached hydrogens (tertiary/aromatic N) is 1. The number of benzene rings is 1. The lowest BCUT2D eigenvalue weighted by molar-refractivity contribution is -0.116. The van der Waals surface area contributed by atoms with Crippen molar-refractivity contribution in [2.75, 3.05) is 5.32 Å². The molecule has 1 aromatic heterocycles. The molecular formula is C14H16N2O2. The highest BCUT2D eigenvalue weighted by molar-refractivity contribution is 5.89. The zero-order valence-corrected chi connectivity index (χ0v) is 10.3. The van der Waals surface area contributed by atoms with Crippen LogP contribution in [0, 0.1) is 0 Å². The fraction of sp³-hybridized carbons (Fsp3) is 0.286. The summed E-state index contributed by atoms with van der Waals surface area (Å²) in [5.74, 6) is 0.363. The number of carbonyl (C=O) groups excluding carboxylic acids is 1. The molecule has 1 heterocycles. The van der Waals surface area contributed by atoms with E-state index in [2.05, 4.69) is 17.4 Å². The van der Waals surface area contributed by atoms with Gasteiger partial charge < -0.3 is 4.52 Å². The fourth-order valence-corrected chi connectivity index (χ4v) is 1.62. The minimum Gasteiger partial charge on any atom is -0.338 e. The summed E-state index contributed by atoms with van der Waals surface area (Å²) in [6.45, 7) is 2.05. The predicted octanol–water partition coefficient (Wildman–Crippen LogP) is 3.47. The molecule has 1 aromatic carbocycles. The molecule has 0 spiro atoms. The van der Waals surface area contributed by atoms with Gasteiger partial charge in [-0.05, 0) is 6.42 Å². The first-order valence-electron chi connectivity index (χ1n) is 6.11. The highest BCUT2D eigenvalue weighted by Gasteiger charge is 2.08. The quantitative estimate of drug-likeness (QED) is 0.876. The van der Waals surface area contributed by atoms with E-state index in [1.54, 1.807) is 6.07 Å². The number of anilines is 1. The average molecular weight is 244 g/mol. The predicted molar refractivity (Wildman–Crippen MR) is 70.1 cm³/mol. The van der Waals surface area contributed by atoms with E-state index in [9.17, 15) is 4.79 Å². The molecule has 1 N–H and O–H groups in total. The molecule has 0 bridgehead atoms. The van der Waals surface area contributed by atoms with Crippen molar-refractivity contribution in [2.45, 2.75) is 26.2 Å². The van der Waals surface area contributed by atoms with Crippen LogP contribution in [0.4, 0.5) is 5.88 Å². The summed E-state index contributed by atoms with van der Waals surface area (Å²) < 4.78 is 5.09. The second-order valence-electron chi connectivity index (χ2n) is 4.09. The molecule has 0 atom stereocenters. The van der Waals surface area contributed by atoms with E-state index in [4.69, 9.17) is 4.52 Å². The van der Waals surface area contributed by atoms with Crippen LogP contribution in [0.3, 0.4) is 0 Å². The summed E-state index contributed by atoms with van der Waals surface area (Å²) in [7, 11) is 0. The number of nitrogens with one attached hydrogen (secondary N) is 1. The molecule has 0 radical (unpaired) electrons. The lowest BCUT2D eigenvalue weighted by atomic mass is 10.1. The Balaban J connectivity index is 2.00. The Labute approximate surface area is 106 Å². The summed E-state index contributed by atoms with van der Waals surface area (Å²) in [5, 5.41) is 6.63. The fourth-order valence-electron chi connectivity index (χ4n) is 1.62. The van der Waals surface area contributed by atoms with Gasteiger partial charge in [0, 0.05) is 18.1 Å². The molecule has 1 amide bonds. The Hall–Kier alpha value is -2.10. The Bertz CT molecular complexity index is 506. The smallest absolute Gasteiger partial charge is 0.231 e. The van der Waals surface area contributed by atoms with E-state index >= 15 is 0 Å². The third kappa shape index (κ3) is 3.20. The topological polar surface area (TPSA) is 55.1 Å². The van der Waals surface area contributed by atoms with Crippen molar-refractivity contribution in [3.05, 3.63) is 36.4 Å². The number of amides is 1. The van der Waals surface area contributed by atoms with Gasteiger partial charge in [0.2, 0.25) is 11.8 Å². The number of hydrogen-bond acceptors (Lipinski definition) is 3. The molecule has 0 fully saturated rings. The van der Waals surface area contributed by atoms with Crippen molar-refractivity contribution < 1.29 is 9.32 Å². The van der Waals surface area contributed by atoms with Gasteiger partial charge in [-0.15, -0.1) is 0 Å². The molecular weight excluding hydrogens is 228 g/mol. The van der Waals surface area contributed by atoms with Gasteiger partial charge >= 0.3 is 0 Å². The van der Waals surface area contributed by atoms with E-state index in [-0.39, 0.29) is 5.91 Å². The summed E-state index contributed by atoms with van der Waals surface area (Å²) >= 11 is 0. The molecule has 0 aliphatic heterocycles. The van der Waals surface area contributed by atoms with Crippen molar-refractivity contribution >= 4 is 11.8 Å². The Morgan fingerprint density at radius 3 is 2.83 bits per heavy atom. The maximum atomic E-state index is 11.5. The van der Waals surface area contributed by atoms with Crippen LogP contribution in [-0.4, -0.2) is 11.1 Å². The van der Waals surface area contributed by atoms with E-state index in [1.165, 1.54) is 0 Å². The summed E-state index contributed by atoms with van der Waals surface area (Å²) in [5.41, 5.74) is 1.69. The average Bonchev–Trinajstić information content (AvgIpc) is 2.86. The minimum absolute atomic E-state index is 0.0346. The first-order valence-corrected chi connectivity index (χ1v) is 6.11. The van der Waals surface area contributed by atoms with Crippen LogP contribution in [-0.2, 0) is 4.79 Å². The monoisotopic (exact) mass is 244 g/mol. The zero-order chi connectivity index (χ0) is 12.8. The second kappa shape index (κ2) is 6.00. The summed E-state index contributed by atoms with van der Waals surface area (Å²) in [6.07, 6.45) is 2.39. The molecule has 94 valence electrons. The van der Waals surface area contributed by atoms with Gasteiger partial charge in [0.15, 0.2) is 0 Å². The Kier molecular flexibility index (Phi) is 4.12. The third-order valence-electron chi connectivity index (χ3n) is 2.60. The van der Waals surface area contributed by atoms with Crippen molar-refractivity contribution in [3.8, 4) is 11.3 Å². The maximum Gasteiger partial charge on any atom is 0.231 e. The summed E-state index contributed by atoms with van der Waals surface area (Å²) in [4.78, 5) is 11.5. The van der Waals surface area contributed by atoms with Gasteiger partial charge in [-0.1, -0.05) is 48.8 Å². The van der Waals surface area contributed by atoms with Crippen LogP contribution in [0.2, 0.25) is 0 Å². The molecule has 0 unspecified atom stereocenters. The van der Waals surface area contributed by atoms with Gasteiger partial charge in [-0.3, -0.25) is 10.1 Å². The molecule has 18 heavy (non-hydrogen) atoms. The molecule has 4 nitrogen and oxygen atoms in total. The van der Waals surface area contributed by atoms with Crippen LogP contribution in [0.15, 0.2) is 40.9 Å². The Morgan fingerprint density at radius 1 is 1.33 bits per heavy atom. The zero-order valence-electron chi connectivity index (χ0n) is 10.3. The number of aromatic nitrogens is 1. The molecule has 4 heteroatoms. The minimum atomic E-state index is -0.0346. The molecule has 0 aliphatic rings. The van der Waals surface area contributed by atoms with Crippen LogP contribution < -0.4 is 5.32 Å². The van der Waals surface area contributed by atoms with Crippen molar-refractivity contribution in [1.29, 1.82) is 0 Å². The van der Waals surface area contributed by atoms with E-state index in [1.807, 2.05) is 30.3 Å². The highest BCUT2D eigenvalue weighted by Crippen LogP contribution is 2.21. The number of hydrogen-bond donors (Lipinski definition) is 1. The van der Waals surface area contributed by atoms with Gasteiger partial charge in [0.05, 0.1) is 0 Å². The van der Waals surface area contributed by atoms with Crippen LogP contribution in [0.1, 0.15) is 26.2 Å². The van der Waals surface area contributed by atoms with Crippen LogP contribution >= 0.6 is 0 Å². The molecule has 0 aliphatic carbocycles. The largest absolute Gasteiger partial charge is 0.338 e. The number of unbranched alkanes of at least 4 members (excludes halogenated alkanes) is 1. The van der Waals surface area contributed by atoms with Crippen molar-refractivity contribution in [1.82, 2.24) is 5.16 Å². The van der Waals surface area contributed by atoms with Gasteiger partial charge in [-0.2, -0.15) is 0 Å². The molecule has 0 saturated heterocycles. The lowest BCUT2D eigenvalue weighted by Gasteiger charge is -1.98. The normalized spacial score (nSPS) is 10.3. The highest BCUT2D eigenvalue weighted by atomic mass is 16.5. The molecule has 2 rings (SSSR count). The van der Waals surface area contributed by atoms with Gasteiger partial charge in [0.1, 0.15) is 5.69 Å². The van der Waals surface area contributed by atoms with Crippen LogP contribution in [0.25, 0.3) is 11.3 Å². The number of carbonyl (C=O) groups is 1.